The second kappa shape index (κ2) is 5.77. The Morgan fingerprint density at radius 2 is 1.95 bits per heavy atom. The largest absolute Gasteiger partial charge is 0.456 e. The van der Waals surface area contributed by atoms with E-state index in [4.69, 9.17) is 21.6 Å². The summed E-state index contributed by atoms with van der Waals surface area (Å²) in [5, 5.41) is 9.23. The predicted molar refractivity (Wildman–Crippen MR) is 76.8 cm³/mol. The van der Waals surface area contributed by atoms with Gasteiger partial charge in [0.25, 0.3) is 0 Å². The molecule has 0 unspecified atom stereocenters. The lowest BCUT2D eigenvalue weighted by atomic mass is 10.0. The van der Waals surface area contributed by atoms with E-state index in [1.54, 1.807) is 18.2 Å². The number of ether oxygens (including phenoxy) is 1. The molecule has 0 saturated heterocycles. The number of hydrogen-bond acceptors (Lipinski definition) is 2. The van der Waals surface area contributed by atoms with Gasteiger partial charge in [-0.2, -0.15) is 5.26 Å². The van der Waals surface area contributed by atoms with Gasteiger partial charge in [-0.05, 0) is 41.8 Å². The minimum Gasteiger partial charge on any atom is -0.456 e. The van der Waals surface area contributed by atoms with Crippen LogP contribution >= 0.6 is 11.6 Å². The van der Waals surface area contributed by atoms with Crippen LogP contribution in [0.5, 0.6) is 11.5 Å². The van der Waals surface area contributed by atoms with Gasteiger partial charge in [0.15, 0.2) is 0 Å². The summed E-state index contributed by atoms with van der Waals surface area (Å²) in [5.41, 5.74) is 1.73. The van der Waals surface area contributed by atoms with Crippen LogP contribution in [0.4, 0.5) is 0 Å². The maximum atomic E-state index is 8.79. The molecule has 0 radical (unpaired) electrons. The van der Waals surface area contributed by atoms with Gasteiger partial charge in [-0.1, -0.05) is 37.6 Å². The van der Waals surface area contributed by atoms with Crippen molar-refractivity contribution in [2.75, 3.05) is 0 Å². The highest BCUT2D eigenvalue weighted by atomic mass is 35.5. The van der Waals surface area contributed by atoms with Crippen LogP contribution < -0.4 is 4.74 Å². The Hall–Kier alpha value is -1.98. The van der Waals surface area contributed by atoms with Crippen LogP contribution in [0.25, 0.3) is 0 Å². The molecule has 0 aromatic heterocycles. The molecule has 0 heterocycles. The monoisotopic (exact) mass is 271 g/mol. The second-order valence-corrected chi connectivity index (χ2v) is 4.99. The lowest BCUT2D eigenvalue weighted by molar-refractivity contribution is 0.482. The zero-order chi connectivity index (χ0) is 13.8. The molecule has 0 N–H and O–H groups in total. The Morgan fingerprint density at radius 1 is 1.16 bits per heavy atom. The minimum atomic E-state index is 0.439. The van der Waals surface area contributed by atoms with Crippen LogP contribution in [0.2, 0.25) is 5.02 Å². The number of halogens is 1. The Bertz CT molecular complexity index is 629. The molecule has 0 aliphatic rings. The van der Waals surface area contributed by atoms with E-state index in [0.717, 1.165) is 5.75 Å². The molecule has 2 rings (SSSR count). The van der Waals surface area contributed by atoms with Crippen molar-refractivity contribution in [2.24, 2.45) is 0 Å². The van der Waals surface area contributed by atoms with Crippen LogP contribution in [0.15, 0.2) is 42.5 Å². The van der Waals surface area contributed by atoms with Crippen LogP contribution in [0.1, 0.15) is 30.9 Å². The van der Waals surface area contributed by atoms with Crippen LogP contribution in [0.3, 0.4) is 0 Å². The molecule has 2 aromatic rings. The molecule has 96 valence electrons. The summed E-state index contributed by atoms with van der Waals surface area (Å²) in [6.07, 6.45) is 0. The van der Waals surface area contributed by atoms with E-state index >= 15 is 0 Å². The fourth-order valence-electron chi connectivity index (χ4n) is 1.72. The van der Waals surface area contributed by atoms with E-state index in [1.807, 2.05) is 24.3 Å². The standard InChI is InChI=1S/C16H14ClNO/c1-11(2)13-4-3-5-14(9-13)19-16-7-6-12(10-18)8-15(16)17/h3-9,11H,1-2H3. The molecule has 3 heteroatoms. The first-order chi connectivity index (χ1) is 9.10. The highest BCUT2D eigenvalue weighted by Gasteiger charge is 2.06. The van der Waals surface area contributed by atoms with E-state index < -0.39 is 0 Å². The van der Waals surface area contributed by atoms with Gasteiger partial charge in [-0.3, -0.25) is 0 Å². The molecule has 2 aromatic carbocycles. The highest BCUT2D eigenvalue weighted by Crippen LogP contribution is 2.31. The zero-order valence-corrected chi connectivity index (χ0v) is 11.6. The van der Waals surface area contributed by atoms with Gasteiger partial charge < -0.3 is 4.74 Å². The van der Waals surface area contributed by atoms with Gasteiger partial charge in [-0.15, -0.1) is 0 Å². The molecule has 0 saturated carbocycles. The minimum absolute atomic E-state index is 0.439. The SMILES string of the molecule is CC(C)c1cccc(Oc2ccc(C#N)cc2Cl)c1. The molecule has 19 heavy (non-hydrogen) atoms. The van der Waals surface area contributed by atoms with Gasteiger partial charge in [0.05, 0.1) is 16.7 Å². The summed E-state index contributed by atoms with van der Waals surface area (Å²) in [6.45, 7) is 4.27. The molecule has 0 bridgehead atoms. The van der Waals surface area contributed by atoms with E-state index in [-0.39, 0.29) is 0 Å². The molecular formula is C16H14ClNO. The summed E-state index contributed by atoms with van der Waals surface area (Å²) >= 11 is 6.08. The number of rotatable bonds is 3. The van der Waals surface area contributed by atoms with E-state index in [0.29, 0.717) is 22.3 Å². The van der Waals surface area contributed by atoms with Crippen molar-refractivity contribution in [3.05, 3.63) is 58.6 Å². The lowest BCUT2D eigenvalue weighted by Crippen LogP contribution is -1.90. The predicted octanol–water partition coefficient (Wildman–Crippen LogP) is 5.13. The fraction of sp³-hybridized carbons (Fsp3) is 0.188. The first-order valence-electron chi connectivity index (χ1n) is 6.07. The van der Waals surface area contributed by atoms with Crippen LogP contribution in [-0.4, -0.2) is 0 Å². The van der Waals surface area contributed by atoms with E-state index in [1.165, 1.54) is 5.56 Å². The van der Waals surface area contributed by atoms with Crippen molar-refractivity contribution in [2.45, 2.75) is 19.8 Å². The average Bonchev–Trinajstić information content (AvgIpc) is 2.41. The first-order valence-corrected chi connectivity index (χ1v) is 6.45. The number of hydrogen-bond donors (Lipinski definition) is 0. The Kier molecular flexibility index (Phi) is 4.09. The summed E-state index contributed by atoms with van der Waals surface area (Å²) in [4.78, 5) is 0. The van der Waals surface area contributed by atoms with Crippen molar-refractivity contribution in [1.82, 2.24) is 0 Å². The number of nitrogens with zero attached hydrogens (tertiary/aromatic N) is 1. The lowest BCUT2D eigenvalue weighted by Gasteiger charge is -2.10. The van der Waals surface area contributed by atoms with E-state index in [2.05, 4.69) is 19.9 Å². The van der Waals surface area contributed by atoms with Crippen molar-refractivity contribution in [1.29, 1.82) is 5.26 Å². The van der Waals surface area contributed by atoms with Crippen LogP contribution in [0, 0.1) is 11.3 Å². The van der Waals surface area contributed by atoms with Crippen molar-refractivity contribution >= 4 is 11.6 Å². The Morgan fingerprint density at radius 3 is 2.58 bits per heavy atom. The Balaban J connectivity index is 2.26. The molecule has 2 nitrogen and oxygen atoms in total. The second-order valence-electron chi connectivity index (χ2n) is 4.59. The molecule has 0 fully saturated rings. The molecular weight excluding hydrogens is 258 g/mol. The topological polar surface area (TPSA) is 33.0 Å². The van der Waals surface area contributed by atoms with Crippen molar-refractivity contribution in [3.63, 3.8) is 0 Å². The van der Waals surface area contributed by atoms with E-state index in [9.17, 15) is 0 Å². The summed E-state index contributed by atoms with van der Waals surface area (Å²) in [7, 11) is 0. The van der Waals surface area contributed by atoms with Gasteiger partial charge in [0.1, 0.15) is 11.5 Å². The van der Waals surface area contributed by atoms with Crippen LogP contribution in [-0.2, 0) is 0 Å². The van der Waals surface area contributed by atoms with Crippen molar-refractivity contribution in [3.8, 4) is 17.6 Å². The number of nitriles is 1. The smallest absolute Gasteiger partial charge is 0.146 e. The third-order valence-corrected chi connectivity index (χ3v) is 3.11. The third-order valence-electron chi connectivity index (χ3n) is 2.81. The molecule has 0 aliphatic carbocycles. The maximum Gasteiger partial charge on any atom is 0.146 e. The zero-order valence-electron chi connectivity index (χ0n) is 10.9. The first kappa shape index (κ1) is 13.5. The third kappa shape index (κ3) is 3.27. The van der Waals surface area contributed by atoms with Gasteiger partial charge in [-0.25, -0.2) is 0 Å². The normalized spacial score (nSPS) is 10.3. The summed E-state index contributed by atoms with van der Waals surface area (Å²) in [5.74, 6) is 1.75. The summed E-state index contributed by atoms with van der Waals surface area (Å²) in [6, 6.07) is 15.0. The quantitative estimate of drug-likeness (QED) is 0.775. The molecule has 0 aliphatic heterocycles. The highest BCUT2D eigenvalue weighted by molar-refractivity contribution is 6.32. The molecule has 0 spiro atoms. The van der Waals surface area contributed by atoms with Crippen molar-refractivity contribution < 1.29 is 4.74 Å². The fourth-order valence-corrected chi connectivity index (χ4v) is 1.94. The number of benzene rings is 2. The average molecular weight is 272 g/mol. The Labute approximate surface area is 118 Å². The van der Waals surface area contributed by atoms with Gasteiger partial charge in [0.2, 0.25) is 0 Å². The molecule has 0 atom stereocenters. The molecule has 0 amide bonds. The maximum absolute atomic E-state index is 8.79. The summed E-state index contributed by atoms with van der Waals surface area (Å²) < 4.78 is 5.76. The van der Waals surface area contributed by atoms with Gasteiger partial charge >= 0.3 is 0 Å². The van der Waals surface area contributed by atoms with Gasteiger partial charge in [0, 0.05) is 0 Å².